The molecular formula is C53H53GeIrN5O-2. The van der Waals surface area contributed by atoms with Gasteiger partial charge in [0.2, 0.25) is 0 Å². The Kier molecular flexibility index (Phi) is 13.2. The summed E-state index contributed by atoms with van der Waals surface area (Å²) in [6.07, 6.45) is 5.01. The molecule has 0 unspecified atom stereocenters. The number of pyridine rings is 1. The number of aromatic nitrogens is 5. The zero-order chi connectivity index (χ0) is 42.1. The van der Waals surface area contributed by atoms with Crippen molar-refractivity contribution in [1.29, 1.82) is 0 Å². The third kappa shape index (κ3) is 9.06. The van der Waals surface area contributed by atoms with E-state index < -0.39 is 13.3 Å². The number of rotatable bonds is 9. The molecule has 9 rings (SSSR count). The number of hydrogen-bond donors (Lipinski definition) is 0. The van der Waals surface area contributed by atoms with E-state index in [4.69, 9.17) is 14.4 Å². The number of para-hydroxylation sites is 1. The van der Waals surface area contributed by atoms with Crippen LogP contribution in [0.15, 0.2) is 132 Å². The van der Waals surface area contributed by atoms with Crippen molar-refractivity contribution in [2.24, 2.45) is 5.92 Å². The van der Waals surface area contributed by atoms with Crippen molar-refractivity contribution >= 4 is 50.8 Å². The van der Waals surface area contributed by atoms with Gasteiger partial charge in [-0.25, -0.2) is 0 Å². The van der Waals surface area contributed by atoms with Gasteiger partial charge in [-0.2, -0.15) is 5.10 Å². The summed E-state index contributed by atoms with van der Waals surface area (Å²) in [4.78, 5) is 9.76. The number of furan rings is 1. The van der Waals surface area contributed by atoms with Crippen LogP contribution < -0.4 is 4.40 Å². The van der Waals surface area contributed by atoms with Crippen LogP contribution in [0.5, 0.6) is 0 Å². The number of fused-ring (bicyclic) bond motifs is 4. The SMILES string of the molecule is CC(C)Cc1cc(-c2[c-]cccc2)nc[c]1[Ge]([CH3])([CH3])[CH3].CC(C)c1cc(-c2ccccc2)cc(C(C)C)c1-n1c(-c2[c-]ccc3c2oc2ccccc23)nc2nnccc21.[Ir]. The standard InChI is InChI=1S/C35H29N4O.C18H24GeN.Ir/c1-21(2)28-19-24(23-11-6-5-7-12-23)20-29(22(3)4)32(28)39-30-17-18-36-38-34(30)37-35(39)27-15-10-14-26-25-13-8-9-16-31(25)40-33(26)27;1-14(2)11-16-12-18(15-9-7-6-8-10-15)20-13-17(16)19(3,4)5;/h5-14,16-22H,1-4H3;6-9,12-14H,11H2,1-5H3;/q2*-1;. The molecule has 1 radical (unpaired) electrons. The second-order valence-corrected chi connectivity index (χ2v) is 28.3. The molecule has 9 aromatic rings. The molecule has 8 heteroatoms. The second-order valence-electron chi connectivity index (χ2n) is 17.7. The first-order chi connectivity index (χ1) is 28.9. The molecule has 4 aromatic heterocycles. The number of imidazole rings is 1. The van der Waals surface area contributed by atoms with Crippen molar-refractivity contribution in [2.45, 2.75) is 77.1 Å². The number of hydrogen-bond acceptors (Lipinski definition) is 5. The summed E-state index contributed by atoms with van der Waals surface area (Å²) >= 11 is -1.86. The molecular weight excluding hydrogens is 987 g/mol. The van der Waals surface area contributed by atoms with E-state index in [0.717, 1.165) is 62.2 Å². The van der Waals surface area contributed by atoms with Crippen molar-refractivity contribution in [3.8, 4) is 39.5 Å². The molecule has 5 aromatic carbocycles. The molecule has 0 aliphatic carbocycles. The Hall–Kier alpha value is -5.21. The summed E-state index contributed by atoms with van der Waals surface area (Å²) in [6.45, 7) is 13.6. The van der Waals surface area contributed by atoms with Gasteiger partial charge in [-0.15, -0.1) is 23.3 Å². The molecule has 0 spiro atoms. The Balaban J connectivity index is 0.000000226. The van der Waals surface area contributed by atoms with Crippen molar-refractivity contribution in [3.63, 3.8) is 0 Å². The van der Waals surface area contributed by atoms with Crippen molar-refractivity contribution in [2.75, 3.05) is 0 Å². The minimum atomic E-state index is -1.86. The quantitative estimate of drug-likeness (QED) is 0.106. The van der Waals surface area contributed by atoms with Crippen molar-refractivity contribution in [3.05, 3.63) is 156 Å². The molecule has 0 aliphatic heterocycles. The molecule has 0 fully saturated rings. The maximum atomic E-state index is 6.44. The van der Waals surface area contributed by atoms with Gasteiger partial charge in [0, 0.05) is 31.2 Å². The van der Waals surface area contributed by atoms with Gasteiger partial charge in [0.15, 0.2) is 5.65 Å². The molecule has 6 nitrogen and oxygen atoms in total. The van der Waals surface area contributed by atoms with Gasteiger partial charge in [-0.3, -0.25) is 4.98 Å². The Labute approximate surface area is 376 Å². The molecule has 0 aliphatic rings. The first-order valence-electron chi connectivity index (χ1n) is 21.1. The topological polar surface area (TPSA) is 69.6 Å². The van der Waals surface area contributed by atoms with Crippen molar-refractivity contribution in [1.82, 2.24) is 24.7 Å². The maximum Gasteiger partial charge on any atom is 0.190 e. The summed E-state index contributed by atoms with van der Waals surface area (Å²) < 4.78 is 10.2. The molecule has 311 valence electrons. The average Bonchev–Trinajstić information content (AvgIpc) is 3.82. The summed E-state index contributed by atoms with van der Waals surface area (Å²) in [5, 5.41) is 10.7. The van der Waals surface area contributed by atoms with Crippen LogP contribution in [0.2, 0.25) is 17.3 Å². The van der Waals surface area contributed by atoms with E-state index in [2.05, 4.69) is 159 Å². The minimum Gasteiger partial charge on any atom is -0.501 e. The zero-order valence-corrected chi connectivity index (χ0v) is 41.0. The van der Waals surface area contributed by atoms with Gasteiger partial charge in [-0.05, 0) is 58.4 Å². The Morgan fingerprint density at radius 1 is 0.721 bits per heavy atom. The van der Waals surface area contributed by atoms with Crippen LogP contribution in [0.25, 0.3) is 72.6 Å². The van der Waals surface area contributed by atoms with E-state index in [1.807, 2.05) is 48.5 Å². The van der Waals surface area contributed by atoms with Crippen LogP contribution in [-0.4, -0.2) is 38.0 Å². The normalized spacial score (nSPS) is 11.7. The molecule has 0 saturated heterocycles. The smallest absolute Gasteiger partial charge is 0.190 e. The fourth-order valence-corrected chi connectivity index (χ4v) is 11.5. The largest absolute Gasteiger partial charge is 0.501 e. The predicted molar refractivity (Wildman–Crippen MR) is 252 cm³/mol. The van der Waals surface area contributed by atoms with Crippen LogP contribution >= 0.6 is 0 Å². The molecule has 4 heterocycles. The zero-order valence-electron chi connectivity index (χ0n) is 36.5. The fourth-order valence-electron chi connectivity index (χ4n) is 8.18. The average molecular weight is 1040 g/mol. The third-order valence-electron chi connectivity index (χ3n) is 11.1. The molecule has 0 amide bonds. The van der Waals surface area contributed by atoms with E-state index in [0.29, 0.717) is 11.6 Å². The van der Waals surface area contributed by atoms with Crippen LogP contribution in [0.3, 0.4) is 0 Å². The van der Waals surface area contributed by atoms with Gasteiger partial charge in [0.25, 0.3) is 0 Å². The van der Waals surface area contributed by atoms with Crippen LogP contribution in [0.4, 0.5) is 0 Å². The first-order valence-corrected chi connectivity index (χ1v) is 28.5. The summed E-state index contributed by atoms with van der Waals surface area (Å²) in [7, 11) is 0. The van der Waals surface area contributed by atoms with Crippen molar-refractivity contribution < 1.29 is 24.5 Å². The predicted octanol–water partition coefficient (Wildman–Crippen LogP) is 13.4. The van der Waals surface area contributed by atoms with Gasteiger partial charge in [-0.1, -0.05) is 87.2 Å². The Morgan fingerprint density at radius 3 is 2.10 bits per heavy atom. The van der Waals surface area contributed by atoms with Crippen LogP contribution in [0, 0.1) is 18.1 Å². The Morgan fingerprint density at radius 2 is 1.43 bits per heavy atom. The summed E-state index contributed by atoms with van der Waals surface area (Å²) in [6, 6.07) is 46.5. The van der Waals surface area contributed by atoms with Gasteiger partial charge in [0.05, 0.1) is 23.1 Å². The monoisotopic (exact) mass is 1040 g/mol. The van der Waals surface area contributed by atoms with Gasteiger partial charge in [0.1, 0.15) is 5.58 Å². The van der Waals surface area contributed by atoms with Crippen LogP contribution in [-0.2, 0) is 26.5 Å². The minimum absolute atomic E-state index is 0. The molecule has 0 bridgehead atoms. The molecule has 0 saturated carbocycles. The van der Waals surface area contributed by atoms with E-state index in [-0.39, 0.29) is 31.9 Å². The second kappa shape index (κ2) is 18.4. The molecule has 0 atom stereocenters. The molecule has 0 N–H and O–H groups in total. The number of nitrogens with zero attached hydrogens (tertiary/aromatic N) is 5. The van der Waals surface area contributed by atoms with E-state index >= 15 is 0 Å². The summed E-state index contributed by atoms with van der Waals surface area (Å²) in [5.74, 6) is 9.27. The van der Waals surface area contributed by atoms with E-state index in [1.165, 1.54) is 27.8 Å². The van der Waals surface area contributed by atoms with E-state index in [1.54, 1.807) is 10.6 Å². The fraction of sp³-hybridized carbons (Fsp3) is 0.245. The summed E-state index contributed by atoms with van der Waals surface area (Å²) in [5.41, 5.74) is 13.6. The first kappa shape index (κ1) is 43.9. The third-order valence-corrected chi connectivity index (χ3v) is 15.4. The molecule has 61 heavy (non-hydrogen) atoms. The van der Waals surface area contributed by atoms with Gasteiger partial charge < -0.3 is 8.98 Å². The number of benzene rings is 5. The van der Waals surface area contributed by atoms with Gasteiger partial charge >= 0.3 is 126 Å². The maximum absolute atomic E-state index is 6.44. The van der Waals surface area contributed by atoms with E-state index in [9.17, 15) is 0 Å². The Bertz CT molecular complexity index is 2900. The van der Waals surface area contributed by atoms with Crippen LogP contribution in [0.1, 0.15) is 70.1 Å².